The van der Waals surface area contributed by atoms with Crippen LogP contribution in [0, 0.1) is 17.1 Å². The van der Waals surface area contributed by atoms with Crippen molar-refractivity contribution >= 4 is 11.6 Å². The first-order valence-corrected chi connectivity index (χ1v) is 9.59. The number of aromatic nitrogens is 2. The minimum Gasteiger partial charge on any atom is -0.494 e. The third-order valence-corrected chi connectivity index (χ3v) is 4.80. The molecule has 0 N–H and O–H groups in total. The fraction of sp³-hybridized carbons (Fsp3) is 0.0800. The molecule has 0 aliphatic heterocycles. The van der Waals surface area contributed by atoms with Gasteiger partial charge in [0.05, 0.1) is 13.0 Å². The fourth-order valence-corrected chi connectivity index (χ4v) is 3.32. The van der Waals surface area contributed by atoms with Crippen molar-refractivity contribution in [1.82, 2.24) is 10.1 Å². The molecule has 6 heteroatoms. The molecule has 0 unspecified atom stereocenters. The van der Waals surface area contributed by atoms with Gasteiger partial charge in [0.1, 0.15) is 11.6 Å². The fourth-order valence-electron chi connectivity index (χ4n) is 3.32. The van der Waals surface area contributed by atoms with E-state index in [1.807, 2.05) is 60.7 Å². The molecule has 0 aliphatic carbocycles. The van der Waals surface area contributed by atoms with Crippen molar-refractivity contribution in [3.8, 4) is 11.8 Å². The second-order valence-electron chi connectivity index (χ2n) is 6.78. The van der Waals surface area contributed by atoms with Crippen molar-refractivity contribution < 1.29 is 13.7 Å². The standard InChI is InChI=1S/C25H18FN3O2/c1-30-22-13-12-17(15-21(22)26)14-20(16-27)25-28-24(29-31-25)23(18-8-4-2-5-9-18)19-10-6-3-7-11-19/h2-15,23H,1H3/b20-14+. The van der Waals surface area contributed by atoms with Crippen LogP contribution in [0.1, 0.15) is 34.3 Å². The van der Waals surface area contributed by atoms with Crippen molar-refractivity contribution in [2.75, 3.05) is 7.11 Å². The zero-order valence-corrected chi connectivity index (χ0v) is 16.7. The first-order chi connectivity index (χ1) is 15.2. The van der Waals surface area contributed by atoms with Crippen molar-refractivity contribution in [1.29, 1.82) is 5.26 Å². The molecule has 0 spiro atoms. The summed E-state index contributed by atoms with van der Waals surface area (Å²) in [7, 11) is 1.39. The Kier molecular flexibility index (Phi) is 5.86. The van der Waals surface area contributed by atoms with E-state index in [4.69, 9.17) is 9.26 Å². The van der Waals surface area contributed by atoms with Crippen LogP contribution in [0.5, 0.6) is 5.75 Å². The molecule has 0 radical (unpaired) electrons. The molecule has 0 aliphatic rings. The van der Waals surface area contributed by atoms with E-state index in [0.717, 1.165) is 11.1 Å². The van der Waals surface area contributed by atoms with Crippen LogP contribution in [0.2, 0.25) is 0 Å². The Labute approximate surface area is 179 Å². The largest absolute Gasteiger partial charge is 0.494 e. The average molecular weight is 411 g/mol. The second kappa shape index (κ2) is 9.06. The Balaban J connectivity index is 1.72. The number of methoxy groups -OCH3 is 1. The number of halogens is 1. The highest BCUT2D eigenvalue weighted by Gasteiger charge is 2.23. The molecule has 0 fully saturated rings. The summed E-state index contributed by atoms with van der Waals surface area (Å²) in [6, 6.07) is 26.1. The smallest absolute Gasteiger partial charge is 0.268 e. The maximum Gasteiger partial charge on any atom is 0.268 e. The average Bonchev–Trinajstić information content (AvgIpc) is 3.28. The van der Waals surface area contributed by atoms with Crippen molar-refractivity contribution in [2.45, 2.75) is 5.92 Å². The second-order valence-corrected chi connectivity index (χ2v) is 6.78. The molecule has 1 aromatic heterocycles. The van der Waals surface area contributed by atoms with Gasteiger partial charge < -0.3 is 9.26 Å². The Bertz CT molecular complexity index is 1210. The Morgan fingerprint density at radius 1 is 1.03 bits per heavy atom. The molecule has 3 aromatic carbocycles. The molecular formula is C25H18FN3O2. The lowest BCUT2D eigenvalue weighted by molar-refractivity contribution is 0.386. The van der Waals surface area contributed by atoms with Gasteiger partial charge in [0.15, 0.2) is 17.4 Å². The van der Waals surface area contributed by atoms with E-state index in [1.54, 1.807) is 6.07 Å². The molecule has 0 saturated carbocycles. The van der Waals surface area contributed by atoms with Crippen LogP contribution in [0.25, 0.3) is 11.6 Å². The molecule has 152 valence electrons. The monoisotopic (exact) mass is 411 g/mol. The van der Waals surface area contributed by atoms with Crippen molar-refractivity contribution in [2.24, 2.45) is 0 Å². The van der Waals surface area contributed by atoms with E-state index >= 15 is 0 Å². The van der Waals surface area contributed by atoms with Crippen molar-refractivity contribution in [3.05, 3.63) is 113 Å². The van der Waals surface area contributed by atoms with Gasteiger partial charge in [0.2, 0.25) is 0 Å². The molecular weight excluding hydrogens is 393 g/mol. The van der Waals surface area contributed by atoms with Crippen LogP contribution < -0.4 is 4.74 Å². The maximum absolute atomic E-state index is 14.0. The molecule has 0 bridgehead atoms. The molecule has 5 nitrogen and oxygen atoms in total. The topological polar surface area (TPSA) is 71.9 Å². The van der Waals surface area contributed by atoms with E-state index in [9.17, 15) is 9.65 Å². The molecule has 31 heavy (non-hydrogen) atoms. The lowest BCUT2D eigenvalue weighted by Gasteiger charge is -2.14. The van der Waals surface area contributed by atoms with Gasteiger partial charge in [0.25, 0.3) is 5.89 Å². The Morgan fingerprint density at radius 2 is 1.68 bits per heavy atom. The van der Waals surface area contributed by atoms with Gasteiger partial charge in [-0.2, -0.15) is 10.2 Å². The summed E-state index contributed by atoms with van der Waals surface area (Å²) in [6.45, 7) is 0. The van der Waals surface area contributed by atoms with Gasteiger partial charge in [-0.3, -0.25) is 0 Å². The van der Waals surface area contributed by atoms with Crippen LogP contribution >= 0.6 is 0 Å². The number of hydrogen-bond acceptors (Lipinski definition) is 5. The summed E-state index contributed by atoms with van der Waals surface area (Å²) in [5.41, 5.74) is 2.63. The molecule has 0 amide bonds. The highest BCUT2D eigenvalue weighted by atomic mass is 19.1. The highest BCUT2D eigenvalue weighted by molar-refractivity contribution is 5.86. The summed E-state index contributed by atoms with van der Waals surface area (Å²) in [6.07, 6.45) is 1.50. The number of ether oxygens (including phenoxy) is 1. The molecule has 0 atom stereocenters. The summed E-state index contributed by atoms with van der Waals surface area (Å²) in [4.78, 5) is 4.50. The summed E-state index contributed by atoms with van der Waals surface area (Å²) < 4.78 is 24.4. The number of hydrogen-bond donors (Lipinski definition) is 0. The van der Waals surface area contributed by atoms with Crippen LogP contribution in [-0.2, 0) is 0 Å². The van der Waals surface area contributed by atoms with Crippen LogP contribution in [-0.4, -0.2) is 17.3 Å². The molecule has 1 heterocycles. The summed E-state index contributed by atoms with van der Waals surface area (Å²) in [5, 5.41) is 13.8. The van der Waals surface area contributed by atoms with Crippen LogP contribution in [0.3, 0.4) is 0 Å². The number of nitriles is 1. The van der Waals surface area contributed by atoms with Gasteiger partial charge >= 0.3 is 0 Å². The zero-order chi connectivity index (χ0) is 21.6. The van der Waals surface area contributed by atoms with E-state index < -0.39 is 5.82 Å². The predicted octanol–water partition coefficient (Wildman–Crippen LogP) is 5.46. The quantitative estimate of drug-likeness (QED) is 0.394. The van der Waals surface area contributed by atoms with Crippen molar-refractivity contribution in [3.63, 3.8) is 0 Å². The van der Waals surface area contributed by atoms with Gasteiger partial charge in [0, 0.05) is 0 Å². The summed E-state index contributed by atoms with van der Waals surface area (Å²) >= 11 is 0. The van der Waals surface area contributed by atoms with Gasteiger partial charge in [-0.25, -0.2) is 4.39 Å². The normalized spacial score (nSPS) is 11.4. The van der Waals surface area contributed by atoms with E-state index in [1.165, 1.54) is 25.3 Å². The lowest BCUT2D eigenvalue weighted by Crippen LogP contribution is -2.05. The zero-order valence-electron chi connectivity index (χ0n) is 16.7. The minimum absolute atomic E-state index is 0.0746. The van der Waals surface area contributed by atoms with Gasteiger partial charge in [-0.05, 0) is 34.9 Å². The van der Waals surface area contributed by atoms with Gasteiger partial charge in [-0.15, -0.1) is 0 Å². The minimum atomic E-state index is -0.520. The Hall–Kier alpha value is -4.24. The number of allylic oxidation sites excluding steroid dienone is 1. The third-order valence-electron chi connectivity index (χ3n) is 4.80. The molecule has 4 aromatic rings. The van der Waals surface area contributed by atoms with E-state index in [0.29, 0.717) is 11.4 Å². The third kappa shape index (κ3) is 4.36. The number of nitrogens with zero attached hydrogens (tertiary/aromatic N) is 3. The van der Waals surface area contributed by atoms with Gasteiger partial charge in [-0.1, -0.05) is 71.9 Å². The lowest BCUT2D eigenvalue weighted by atomic mass is 9.91. The van der Waals surface area contributed by atoms with E-state index in [2.05, 4.69) is 16.2 Å². The highest BCUT2D eigenvalue weighted by Crippen LogP contribution is 2.31. The van der Waals surface area contributed by atoms with Crippen LogP contribution in [0.4, 0.5) is 4.39 Å². The van der Waals surface area contributed by atoms with Crippen LogP contribution in [0.15, 0.2) is 83.4 Å². The number of rotatable bonds is 6. The first kappa shape index (κ1) is 20.0. The SMILES string of the molecule is COc1ccc(/C=C(\C#N)c2nc(C(c3ccccc3)c3ccccc3)no2)cc1F. The summed E-state index contributed by atoms with van der Waals surface area (Å²) in [5.74, 6) is -0.129. The first-order valence-electron chi connectivity index (χ1n) is 9.59. The Morgan fingerprint density at radius 3 is 2.23 bits per heavy atom. The number of benzene rings is 3. The molecule has 0 saturated heterocycles. The van der Waals surface area contributed by atoms with E-state index in [-0.39, 0.29) is 23.1 Å². The maximum atomic E-state index is 14.0. The molecule has 4 rings (SSSR count). The predicted molar refractivity (Wildman–Crippen MR) is 115 cm³/mol.